The van der Waals surface area contributed by atoms with Crippen LogP contribution in [0.4, 0.5) is 0 Å². The van der Waals surface area contributed by atoms with E-state index in [-0.39, 0.29) is 12.5 Å². The summed E-state index contributed by atoms with van der Waals surface area (Å²) in [5, 5.41) is 3.95. The number of halogens is 1. The van der Waals surface area contributed by atoms with E-state index in [1.54, 1.807) is 25.3 Å². The molecule has 0 unspecified atom stereocenters. The maximum Gasteiger partial charge on any atom is 0.277 e. The number of hydrogen-bond donors (Lipinski definition) is 1. The predicted molar refractivity (Wildman–Crippen MR) is 109 cm³/mol. The number of aryl methyl sites for hydroxylation is 1. The Hall–Kier alpha value is -2.80. The average Bonchev–Trinajstić information content (AvgIpc) is 2.66. The molecule has 6 nitrogen and oxygen atoms in total. The van der Waals surface area contributed by atoms with Crippen LogP contribution >= 0.6 is 15.9 Å². The molecule has 2 aromatic rings. The van der Waals surface area contributed by atoms with Crippen LogP contribution in [0.3, 0.4) is 0 Å². The van der Waals surface area contributed by atoms with Gasteiger partial charge in [0.05, 0.1) is 17.8 Å². The van der Waals surface area contributed by atoms with Crippen LogP contribution in [0.15, 0.2) is 58.6 Å². The molecule has 0 heterocycles. The van der Waals surface area contributed by atoms with E-state index in [4.69, 9.17) is 14.2 Å². The van der Waals surface area contributed by atoms with Gasteiger partial charge in [0.25, 0.3) is 5.91 Å². The highest BCUT2D eigenvalue weighted by molar-refractivity contribution is 9.10. The summed E-state index contributed by atoms with van der Waals surface area (Å²) in [5.41, 5.74) is 4.12. The third kappa shape index (κ3) is 6.14. The molecular weight excluding hydrogens is 412 g/mol. The van der Waals surface area contributed by atoms with Crippen molar-refractivity contribution in [1.82, 2.24) is 5.43 Å². The molecule has 0 aromatic heterocycles. The minimum absolute atomic E-state index is 0.121. The van der Waals surface area contributed by atoms with Crippen LogP contribution in [0.5, 0.6) is 17.2 Å². The van der Waals surface area contributed by atoms with Gasteiger partial charge >= 0.3 is 0 Å². The molecule has 0 aliphatic heterocycles. The average molecular weight is 433 g/mol. The van der Waals surface area contributed by atoms with Gasteiger partial charge in [-0.1, -0.05) is 30.9 Å². The second-order valence-corrected chi connectivity index (χ2v) is 6.34. The van der Waals surface area contributed by atoms with Crippen LogP contribution in [0.2, 0.25) is 0 Å². The van der Waals surface area contributed by atoms with Crippen molar-refractivity contribution in [2.45, 2.75) is 6.92 Å². The van der Waals surface area contributed by atoms with Crippen LogP contribution in [0.1, 0.15) is 11.1 Å². The van der Waals surface area contributed by atoms with Crippen LogP contribution in [-0.4, -0.2) is 32.4 Å². The molecule has 0 saturated heterocycles. The van der Waals surface area contributed by atoms with Crippen LogP contribution < -0.4 is 19.6 Å². The third-order valence-electron chi connectivity index (χ3n) is 3.45. The lowest BCUT2D eigenvalue weighted by molar-refractivity contribution is -0.123. The number of nitrogens with one attached hydrogen (secondary N) is 1. The Morgan fingerprint density at radius 1 is 1.26 bits per heavy atom. The topological polar surface area (TPSA) is 69.2 Å². The smallest absolute Gasteiger partial charge is 0.277 e. The van der Waals surface area contributed by atoms with Gasteiger partial charge in [-0.3, -0.25) is 4.79 Å². The van der Waals surface area contributed by atoms with E-state index in [1.165, 1.54) is 6.21 Å². The number of rotatable bonds is 9. The van der Waals surface area contributed by atoms with Crippen molar-refractivity contribution in [2.24, 2.45) is 5.10 Å². The molecule has 142 valence electrons. The Morgan fingerprint density at radius 2 is 2.04 bits per heavy atom. The van der Waals surface area contributed by atoms with Crippen LogP contribution in [0, 0.1) is 6.92 Å². The second-order valence-electron chi connectivity index (χ2n) is 5.48. The fourth-order valence-electron chi connectivity index (χ4n) is 2.17. The van der Waals surface area contributed by atoms with E-state index in [2.05, 4.69) is 33.0 Å². The summed E-state index contributed by atoms with van der Waals surface area (Å²) < 4.78 is 17.1. The number of hydrogen-bond acceptors (Lipinski definition) is 5. The van der Waals surface area contributed by atoms with Crippen molar-refractivity contribution in [1.29, 1.82) is 0 Å². The molecular formula is C20H21BrN2O4. The fraction of sp³-hybridized carbons (Fsp3) is 0.200. The number of amides is 1. The van der Waals surface area contributed by atoms with Gasteiger partial charge in [0, 0.05) is 0 Å². The number of carbonyl (C=O) groups excluding carboxylic acids is 1. The summed E-state index contributed by atoms with van der Waals surface area (Å²) in [6.45, 7) is 5.78. The standard InChI is InChI=1S/C20H21BrN2O4/c1-4-9-26-20-16(21)10-15(11-18(20)25-3)12-22-23-19(24)13-27-17-8-6-5-7-14(17)2/h4-8,10-12H,1,9,13H2,2-3H3,(H,23,24)/b22-12-. The number of ether oxygens (including phenoxy) is 3. The molecule has 27 heavy (non-hydrogen) atoms. The Kier molecular flexibility index (Phi) is 7.88. The van der Waals surface area contributed by atoms with E-state index in [1.807, 2.05) is 31.2 Å². The van der Waals surface area contributed by atoms with Crippen molar-refractivity contribution in [3.05, 3.63) is 64.7 Å². The number of nitrogens with zero attached hydrogens (tertiary/aromatic N) is 1. The monoisotopic (exact) mass is 432 g/mol. The third-order valence-corrected chi connectivity index (χ3v) is 4.04. The van der Waals surface area contributed by atoms with Gasteiger partial charge in [0.2, 0.25) is 0 Å². The number of hydrazone groups is 1. The molecule has 2 rings (SSSR count). The molecule has 2 aromatic carbocycles. The summed E-state index contributed by atoms with van der Waals surface area (Å²) in [7, 11) is 1.55. The Balaban J connectivity index is 1.95. The second kappa shape index (κ2) is 10.4. The molecule has 1 amide bonds. The van der Waals surface area contributed by atoms with E-state index in [0.717, 1.165) is 11.1 Å². The van der Waals surface area contributed by atoms with Crippen molar-refractivity contribution < 1.29 is 19.0 Å². The molecule has 0 radical (unpaired) electrons. The molecule has 7 heteroatoms. The lowest BCUT2D eigenvalue weighted by atomic mass is 10.2. The van der Waals surface area contributed by atoms with Crippen molar-refractivity contribution in [3.8, 4) is 17.2 Å². The first-order chi connectivity index (χ1) is 13.0. The molecule has 0 spiro atoms. The van der Waals surface area contributed by atoms with Gasteiger partial charge in [-0.05, 0) is 52.2 Å². The first-order valence-electron chi connectivity index (χ1n) is 8.16. The van der Waals surface area contributed by atoms with Gasteiger partial charge < -0.3 is 14.2 Å². The normalized spacial score (nSPS) is 10.5. The number of methoxy groups -OCH3 is 1. The lowest BCUT2D eigenvalue weighted by Crippen LogP contribution is -2.24. The van der Waals surface area contributed by atoms with Crippen LogP contribution in [-0.2, 0) is 4.79 Å². The molecule has 0 atom stereocenters. The minimum atomic E-state index is -0.355. The molecule has 0 bridgehead atoms. The molecule has 0 fully saturated rings. The first kappa shape index (κ1) is 20.5. The van der Waals surface area contributed by atoms with Gasteiger partial charge in [-0.15, -0.1) is 0 Å². The van der Waals surface area contributed by atoms with E-state index in [9.17, 15) is 4.79 Å². The van der Waals surface area contributed by atoms with Crippen molar-refractivity contribution in [3.63, 3.8) is 0 Å². The quantitative estimate of drug-likeness (QED) is 0.371. The first-order valence-corrected chi connectivity index (χ1v) is 8.96. The fourth-order valence-corrected chi connectivity index (χ4v) is 2.74. The van der Waals surface area contributed by atoms with Crippen LogP contribution in [0.25, 0.3) is 0 Å². The summed E-state index contributed by atoms with van der Waals surface area (Å²) in [5.74, 6) is 1.43. The highest BCUT2D eigenvalue weighted by atomic mass is 79.9. The number of benzene rings is 2. The van der Waals surface area contributed by atoms with Gasteiger partial charge in [0.15, 0.2) is 18.1 Å². The Labute approximate surface area is 167 Å². The summed E-state index contributed by atoms with van der Waals surface area (Å²) >= 11 is 3.44. The molecule has 0 saturated carbocycles. The lowest BCUT2D eigenvalue weighted by Gasteiger charge is -2.12. The van der Waals surface area contributed by atoms with E-state index >= 15 is 0 Å². The van der Waals surface area contributed by atoms with E-state index in [0.29, 0.717) is 28.3 Å². The zero-order chi connectivity index (χ0) is 19.6. The zero-order valence-corrected chi connectivity index (χ0v) is 16.8. The number of carbonyl (C=O) groups is 1. The summed E-state index contributed by atoms with van der Waals surface area (Å²) in [6, 6.07) is 11.0. The maximum absolute atomic E-state index is 11.9. The molecule has 0 aliphatic rings. The summed E-state index contributed by atoms with van der Waals surface area (Å²) in [6.07, 6.45) is 3.16. The van der Waals surface area contributed by atoms with Gasteiger partial charge in [-0.2, -0.15) is 5.10 Å². The summed E-state index contributed by atoms with van der Waals surface area (Å²) in [4.78, 5) is 11.9. The Morgan fingerprint density at radius 3 is 2.74 bits per heavy atom. The molecule has 1 N–H and O–H groups in total. The number of para-hydroxylation sites is 1. The minimum Gasteiger partial charge on any atom is -0.493 e. The predicted octanol–water partition coefficient (Wildman–Crippen LogP) is 3.86. The van der Waals surface area contributed by atoms with E-state index < -0.39 is 0 Å². The Bertz CT molecular complexity index is 837. The van der Waals surface area contributed by atoms with Crippen molar-refractivity contribution in [2.75, 3.05) is 20.3 Å². The van der Waals surface area contributed by atoms with Gasteiger partial charge in [0.1, 0.15) is 12.4 Å². The highest BCUT2D eigenvalue weighted by Gasteiger charge is 2.11. The highest BCUT2D eigenvalue weighted by Crippen LogP contribution is 2.36. The zero-order valence-electron chi connectivity index (χ0n) is 15.2. The van der Waals surface area contributed by atoms with Gasteiger partial charge in [-0.25, -0.2) is 5.43 Å². The van der Waals surface area contributed by atoms with Crippen molar-refractivity contribution >= 4 is 28.1 Å². The molecule has 0 aliphatic carbocycles. The maximum atomic E-state index is 11.9. The largest absolute Gasteiger partial charge is 0.493 e. The SMILES string of the molecule is C=CCOc1c(Br)cc(/C=N\NC(=O)COc2ccccc2C)cc1OC.